The maximum absolute atomic E-state index is 13.6. The van der Waals surface area contributed by atoms with Gasteiger partial charge in [-0.25, -0.2) is 14.4 Å². The van der Waals surface area contributed by atoms with Crippen molar-refractivity contribution < 1.29 is 9.53 Å². The molecule has 3 aromatic carbocycles. The number of aromatic nitrogens is 3. The van der Waals surface area contributed by atoms with Crippen LogP contribution in [0.4, 0.5) is 11.4 Å². The zero-order chi connectivity index (χ0) is 28.7. The Morgan fingerprint density at radius 3 is 2.61 bits per heavy atom. The van der Waals surface area contributed by atoms with Crippen molar-refractivity contribution in [1.82, 2.24) is 14.0 Å². The highest BCUT2D eigenvalue weighted by Crippen LogP contribution is 2.33. The molecule has 0 radical (unpaired) electrons. The molecular formula is C31H28N6O3S. The summed E-state index contributed by atoms with van der Waals surface area (Å²) in [6.45, 7) is 5.95. The molecule has 0 unspecified atom stereocenters. The summed E-state index contributed by atoms with van der Waals surface area (Å²) in [7, 11) is 1.85. The fourth-order valence-corrected chi connectivity index (χ4v) is 5.57. The lowest BCUT2D eigenvalue weighted by atomic mass is 10.1. The molecule has 9 nitrogen and oxygen atoms in total. The summed E-state index contributed by atoms with van der Waals surface area (Å²) in [5, 5.41) is 9.67. The normalized spacial score (nSPS) is 13.4. The average molecular weight is 565 g/mol. The van der Waals surface area contributed by atoms with Gasteiger partial charge < -0.3 is 10.1 Å². The van der Waals surface area contributed by atoms with Gasteiger partial charge >= 0.3 is 0 Å². The number of nitrogens with zero attached hydrogens (tertiary/aromatic N) is 5. The number of ether oxygens (including phenoxy) is 1. The number of thiazole rings is 1. The van der Waals surface area contributed by atoms with Crippen LogP contribution >= 0.6 is 11.3 Å². The first-order valence-corrected chi connectivity index (χ1v) is 14.0. The highest BCUT2D eigenvalue weighted by molar-refractivity contribution is 7.07. The predicted molar refractivity (Wildman–Crippen MR) is 162 cm³/mol. The SMILES string of the molecule is Cc1ccc(C)c(C=Nn2c(-c3ccc4c(c3)NC(=O)CO4)csc2=Nc2c(C)n(C)n(-c3ccccc3)c2=O)c1. The predicted octanol–water partition coefficient (Wildman–Crippen LogP) is 5.08. The van der Waals surface area contributed by atoms with E-state index in [4.69, 9.17) is 14.8 Å². The Kier molecular flexibility index (Phi) is 6.76. The van der Waals surface area contributed by atoms with Crippen LogP contribution in [0.1, 0.15) is 22.4 Å². The first kappa shape index (κ1) is 26.3. The number of fused-ring (bicyclic) bond motifs is 1. The monoisotopic (exact) mass is 564 g/mol. The fraction of sp³-hybridized carbons (Fsp3) is 0.161. The summed E-state index contributed by atoms with van der Waals surface area (Å²) in [6, 6.07) is 21.3. The molecule has 0 saturated heterocycles. The van der Waals surface area contributed by atoms with Crippen LogP contribution in [0.3, 0.4) is 0 Å². The summed E-state index contributed by atoms with van der Waals surface area (Å²) < 4.78 is 10.7. The van der Waals surface area contributed by atoms with E-state index >= 15 is 0 Å². The molecule has 0 fully saturated rings. The number of aryl methyl sites for hydroxylation is 2. The molecule has 0 saturated carbocycles. The number of para-hydroxylation sites is 1. The third-order valence-corrected chi connectivity index (χ3v) is 7.89. The van der Waals surface area contributed by atoms with Crippen molar-refractivity contribution in [2.45, 2.75) is 20.8 Å². The van der Waals surface area contributed by atoms with Gasteiger partial charge in [0.2, 0.25) is 4.80 Å². The van der Waals surface area contributed by atoms with Gasteiger partial charge in [-0.1, -0.05) is 42.0 Å². The molecule has 2 aromatic heterocycles. The van der Waals surface area contributed by atoms with E-state index in [0.717, 1.165) is 39.3 Å². The third-order valence-electron chi connectivity index (χ3n) is 7.07. The van der Waals surface area contributed by atoms with Gasteiger partial charge in [-0.2, -0.15) is 5.10 Å². The molecule has 0 bridgehead atoms. The molecule has 0 aliphatic carbocycles. The molecule has 1 aliphatic heterocycles. The van der Waals surface area contributed by atoms with E-state index in [-0.39, 0.29) is 18.1 Å². The van der Waals surface area contributed by atoms with Gasteiger partial charge in [-0.3, -0.25) is 14.3 Å². The lowest BCUT2D eigenvalue weighted by molar-refractivity contribution is -0.118. The number of nitrogens with one attached hydrogen (secondary N) is 1. The van der Waals surface area contributed by atoms with Crippen molar-refractivity contribution >= 4 is 34.8 Å². The van der Waals surface area contributed by atoms with E-state index in [1.54, 1.807) is 20.3 Å². The second-order valence-electron chi connectivity index (χ2n) is 9.89. The van der Waals surface area contributed by atoms with Crippen LogP contribution in [0.5, 0.6) is 5.75 Å². The molecule has 0 spiro atoms. The third kappa shape index (κ3) is 4.93. The van der Waals surface area contributed by atoms with Gasteiger partial charge in [-0.05, 0) is 62.2 Å². The van der Waals surface area contributed by atoms with Crippen molar-refractivity contribution in [3.63, 3.8) is 0 Å². The van der Waals surface area contributed by atoms with Gasteiger partial charge in [0.25, 0.3) is 11.5 Å². The number of amides is 1. The van der Waals surface area contributed by atoms with E-state index in [0.29, 0.717) is 21.9 Å². The number of benzene rings is 3. The molecule has 1 amide bonds. The van der Waals surface area contributed by atoms with Crippen LogP contribution in [0.25, 0.3) is 16.9 Å². The molecule has 41 heavy (non-hydrogen) atoms. The summed E-state index contributed by atoms with van der Waals surface area (Å²) >= 11 is 1.38. The Morgan fingerprint density at radius 2 is 1.80 bits per heavy atom. The van der Waals surface area contributed by atoms with E-state index < -0.39 is 0 Å². The summed E-state index contributed by atoms with van der Waals surface area (Å²) in [5.41, 5.74) is 6.98. The van der Waals surface area contributed by atoms with Gasteiger partial charge in [0.15, 0.2) is 12.3 Å². The van der Waals surface area contributed by atoms with Crippen LogP contribution in [0, 0.1) is 20.8 Å². The molecule has 5 aromatic rings. The fourth-order valence-electron chi connectivity index (χ4n) is 4.73. The highest BCUT2D eigenvalue weighted by Gasteiger charge is 2.19. The zero-order valence-electron chi connectivity index (χ0n) is 23.1. The largest absolute Gasteiger partial charge is 0.482 e. The number of anilines is 1. The van der Waals surface area contributed by atoms with Gasteiger partial charge in [-0.15, -0.1) is 11.3 Å². The first-order valence-electron chi connectivity index (χ1n) is 13.1. The van der Waals surface area contributed by atoms with Crippen LogP contribution in [-0.4, -0.2) is 32.8 Å². The number of hydrogen-bond acceptors (Lipinski definition) is 6. The Balaban J connectivity index is 1.53. The maximum Gasteiger partial charge on any atom is 0.297 e. The second-order valence-corrected chi connectivity index (χ2v) is 10.7. The minimum Gasteiger partial charge on any atom is -0.482 e. The summed E-state index contributed by atoms with van der Waals surface area (Å²) in [6.07, 6.45) is 1.81. The Bertz CT molecular complexity index is 1960. The molecule has 206 valence electrons. The lowest BCUT2D eigenvalue weighted by Gasteiger charge is -2.18. The van der Waals surface area contributed by atoms with Crippen molar-refractivity contribution in [1.29, 1.82) is 0 Å². The Morgan fingerprint density at radius 1 is 1.00 bits per heavy atom. The zero-order valence-corrected chi connectivity index (χ0v) is 23.9. The molecule has 0 atom stereocenters. The standard InChI is InChI=1S/C31H28N6O3S/c1-19-10-11-20(2)23(14-19)16-32-36-26(22-12-13-27-25(15-22)33-28(38)17-40-27)18-41-31(36)34-29-21(3)35(4)37(30(29)39)24-8-6-5-7-9-24/h5-16,18H,17H2,1-4H3,(H,33,38). The van der Waals surface area contributed by atoms with Gasteiger partial charge in [0, 0.05) is 18.0 Å². The van der Waals surface area contributed by atoms with Crippen molar-refractivity contribution in [3.05, 3.63) is 110 Å². The van der Waals surface area contributed by atoms with Crippen LogP contribution in [0.15, 0.2) is 87.0 Å². The van der Waals surface area contributed by atoms with E-state index in [1.165, 1.54) is 11.3 Å². The van der Waals surface area contributed by atoms with E-state index in [2.05, 4.69) is 23.5 Å². The molecule has 1 N–H and O–H groups in total. The van der Waals surface area contributed by atoms with Crippen molar-refractivity contribution in [3.8, 4) is 22.7 Å². The summed E-state index contributed by atoms with van der Waals surface area (Å²) in [4.78, 5) is 31.0. The molecule has 1 aliphatic rings. The topological polar surface area (TPSA) is 94.9 Å². The molecule has 3 heterocycles. The van der Waals surface area contributed by atoms with Crippen LogP contribution in [-0.2, 0) is 11.8 Å². The number of carbonyl (C=O) groups excluding carboxylic acids is 1. The second kappa shape index (κ2) is 10.5. The quantitative estimate of drug-likeness (QED) is 0.302. The number of rotatable bonds is 5. The van der Waals surface area contributed by atoms with Crippen LogP contribution in [0.2, 0.25) is 0 Å². The molecular weight excluding hydrogens is 536 g/mol. The minimum absolute atomic E-state index is 0.00903. The Labute approximate surface area is 240 Å². The molecule has 6 rings (SSSR count). The van der Waals surface area contributed by atoms with Gasteiger partial charge in [0.1, 0.15) is 5.75 Å². The number of hydrogen-bond donors (Lipinski definition) is 1. The van der Waals surface area contributed by atoms with Crippen molar-refractivity contribution in [2.75, 3.05) is 11.9 Å². The van der Waals surface area contributed by atoms with Crippen molar-refractivity contribution in [2.24, 2.45) is 17.1 Å². The van der Waals surface area contributed by atoms with Gasteiger partial charge in [0.05, 0.1) is 29.0 Å². The molecule has 10 heteroatoms. The number of carbonyl (C=O) groups is 1. The average Bonchev–Trinajstić information content (AvgIpc) is 3.47. The summed E-state index contributed by atoms with van der Waals surface area (Å²) in [5.74, 6) is 0.408. The highest BCUT2D eigenvalue weighted by atomic mass is 32.1. The van der Waals surface area contributed by atoms with E-state index in [9.17, 15) is 9.59 Å². The Hall–Kier alpha value is -4.96. The first-order chi connectivity index (χ1) is 19.8. The maximum atomic E-state index is 13.6. The minimum atomic E-state index is -0.218. The smallest absolute Gasteiger partial charge is 0.297 e. The van der Waals surface area contributed by atoms with E-state index in [1.807, 2.05) is 81.7 Å². The lowest BCUT2D eigenvalue weighted by Crippen LogP contribution is -2.25. The van der Waals surface area contributed by atoms with Crippen LogP contribution < -0.4 is 20.4 Å².